The lowest BCUT2D eigenvalue weighted by atomic mass is 9.88. The molecule has 306 valence electrons. The molecule has 0 bridgehead atoms. The number of carbonyl (C=O) groups excluding carboxylic acids is 6. The summed E-state index contributed by atoms with van der Waals surface area (Å²) in [4.78, 5) is 76.7. The van der Waals surface area contributed by atoms with Crippen LogP contribution in [0.15, 0.2) is 24.3 Å². The standard InChI is InChI=1S/C38H62N4O12/c1-5-16-51-18-20-53-22-23-54-21-19-52-17-14-32(44)24-30(10-13-34(46)50-4)37(48)42-35(27(2)3)33(45)25-29(7-6-15-40-38(39)49)36(47)41-31-11-8-28(26-43)9-12-31/h8-9,11-12,27,29-30,35,43H,5-7,10,13-26H2,1-4H3,(H,41,47)(H,42,48)(H3,39,40,49)/t29-,30+,35+/m1/s1. The highest BCUT2D eigenvalue weighted by atomic mass is 16.6. The van der Waals surface area contributed by atoms with Crippen LogP contribution in [0, 0.1) is 17.8 Å². The van der Waals surface area contributed by atoms with Crippen LogP contribution in [-0.4, -0.2) is 113 Å². The van der Waals surface area contributed by atoms with E-state index in [2.05, 4.69) is 16.0 Å². The summed E-state index contributed by atoms with van der Waals surface area (Å²) >= 11 is 0. The van der Waals surface area contributed by atoms with Crippen molar-refractivity contribution in [1.82, 2.24) is 10.6 Å². The molecule has 3 atom stereocenters. The third-order valence-electron chi connectivity index (χ3n) is 8.32. The van der Waals surface area contributed by atoms with E-state index in [1.54, 1.807) is 38.1 Å². The van der Waals surface area contributed by atoms with E-state index >= 15 is 0 Å². The molecule has 0 fully saturated rings. The number of ketones is 2. The van der Waals surface area contributed by atoms with E-state index in [0.717, 1.165) is 6.42 Å². The van der Waals surface area contributed by atoms with E-state index < -0.39 is 47.5 Å². The third-order valence-corrected chi connectivity index (χ3v) is 8.32. The lowest BCUT2D eigenvalue weighted by molar-refractivity contribution is -0.142. The van der Waals surface area contributed by atoms with Gasteiger partial charge in [-0.25, -0.2) is 4.79 Å². The number of nitrogens with two attached hydrogens (primary N) is 1. The number of hydrogen-bond donors (Lipinski definition) is 5. The van der Waals surface area contributed by atoms with Gasteiger partial charge in [-0.05, 0) is 49.3 Å². The highest BCUT2D eigenvalue weighted by molar-refractivity contribution is 5.98. The molecule has 6 N–H and O–H groups in total. The molecule has 16 heteroatoms. The summed E-state index contributed by atoms with van der Waals surface area (Å²) in [5.41, 5.74) is 6.30. The fourth-order valence-corrected chi connectivity index (χ4v) is 5.27. The zero-order valence-corrected chi connectivity index (χ0v) is 32.4. The SMILES string of the molecule is CCCOCCOCCOCCOCCC(=O)C[C@H](CCC(=O)OC)C(=O)N[C@H](C(=O)C[C@@H](CCCNC(N)=O)C(=O)Nc1ccc(CO)cc1)C(C)C. The topological polar surface area (TPSA) is 231 Å². The van der Waals surface area contributed by atoms with Crippen molar-refractivity contribution < 1.29 is 57.6 Å². The smallest absolute Gasteiger partial charge is 0.312 e. The van der Waals surface area contributed by atoms with Crippen molar-refractivity contribution in [3.8, 4) is 0 Å². The van der Waals surface area contributed by atoms with Crippen molar-refractivity contribution in [2.45, 2.75) is 84.8 Å². The minimum Gasteiger partial charge on any atom is -0.469 e. The number of methoxy groups -OCH3 is 1. The highest BCUT2D eigenvalue weighted by Gasteiger charge is 2.32. The molecule has 0 radical (unpaired) electrons. The molecule has 1 aromatic rings. The number of hydrogen-bond acceptors (Lipinski definition) is 12. The first-order valence-electron chi connectivity index (χ1n) is 18.7. The molecule has 16 nitrogen and oxygen atoms in total. The van der Waals surface area contributed by atoms with Gasteiger partial charge in [0.15, 0.2) is 5.78 Å². The number of aliphatic hydroxyl groups excluding tert-OH is 1. The summed E-state index contributed by atoms with van der Waals surface area (Å²) in [6.07, 6.45) is 1.12. The number of nitrogens with one attached hydrogen (secondary N) is 3. The molecule has 0 aliphatic rings. The Kier molecular flexibility index (Phi) is 26.2. The van der Waals surface area contributed by atoms with Gasteiger partial charge in [0.05, 0.1) is 66.0 Å². The van der Waals surface area contributed by atoms with Gasteiger partial charge in [0.2, 0.25) is 11.8 Å². The van der Waals surface area contributed by atoms with E-state index in [1.165, 1.54) is 7.11 Å². The largest absolute Gasteiger partial charge is 0.469 e. The van der Waals surface area contributed by atoms with Crippen LogP contribution in [0.3, 0.4) is 0 Å². The fourth-order valence-electron chi connectivity index (χ4n) is 5.27. The number of Topliss-reactive ketones (excluding diaryl/α,β-unsaturated/α-hetero) is 2. The van der Waals surface area contributed by atoms with Crippen molar-refractivity contribution in [2.75, 3.05) is 71.8 Å². The Morgan fingerprint density at radius 2 is 1.33 bits per heavy atom. The van der Waals surface area contributed by atoms with Crippen molar-refractivity contribution in [2.24, 2.45) is 23.5 Å². The zero-order valence-electron chi connectivity index (χ0n) is 32.4. The monoisotopic (exact) mass is 766 g/mol. The maximum Gasteiger partial charge on any atom is 0.312 e. The lowest BCUT2D eigenvalue weighted by Crippen LogP contribution is -2.48. The molecule has 54 heavy (non-hydrogen) atoms. The second kappa shape index (κ2) is 29.4. The Bertz CT molecular complexity index is 1260. The van der Waals surface area contributed by atoms with Crippen LogP contribution >= 0.6 is 0 Å². The summed E-state index contributed by atoms with van der Waals surface area (Å²) in [6, 6.07) is 4.89. The Balaban J connectivity index is 2.80. The molecule has 0 aliphatic heterocycles. The van der Waals surface area contributed by atoms with Crippen LogP contribution in [0.5, 0.6) is 0 Å². The number of ether oxygens (including phenoxy) is 5. The zero-order chi connectivity index (χ0) is 40.1. The second-order valence-corrected chi connectivity index (χ2v) is 13.1. The first-order chi connectivity index (χ1) is 25.9. The predicted octanol–water partition coefficient (Wildman–Crippen LogP) is 2.68. The Morgan fingerprint density at radius 1 is 0.759 bits per heavy atom. The van der Waals surface area contributed by atoms with Crippen LogP contribution in [0.25, 0.3) is 0 Å². The molecule has 0 heterocycles. The Morgan fingerprint density at radius 3 is 1.87 bits per heavy atom. The predicted molar refractivity (Wildman–Crippen MR) is 200 cm³/mol. The Hall–Kier alpha value is -3.96. The van der Waals surface area contributed by atoms with Crippen molar-refractivity contribution in [3.63, 3.8) is 0 Å². The normalized spacial score (nSPS) is 12.8. The van der Waals surface area contributed by atoms with E-state index in [9.17, 15) is 33.9 Å². The number of aliphatic hydroxyl groups is 1. The molecule has 0 aliphatic carbocycles. The maximum absolute atomic E-state index is 13.7. The first-order valence-corrected chi connectivity index (χ1v) is 18.7. The maximum atomic E-state index is 13.7. The van der Waals surface area contributed by atoms with E-state index in [0.29, 0.717) is 57.3 Å². The minimum absolute atomic E-state index is 0.0255. The van der Waals surface area contributed by atoms with Gasteiger partial charge < -0.3 is 50.5 Å². The molecule has 1 aromatic carbocycles. The van der Waals surface area contributed by atoms with Crippen LogP contribution in [0.2, 0.25) is 0 Å². The van der Waals surface area contributed by atoms with Crippen LogP contribution in [0.1, 0.15) is 77.7 Å². The second-order valence-electron chi connectivity index (χ2n) is 13.1. The average molecular weight is 767 g/mol. The molecule has 1 rings (SSSR count). The molecular weight excluding hydrogens is 704 g/mol. The summed E-state index contributed by atoms with van der Waals surface area (Å²) in [7, 11) is 1.23. The van der Waals surface area contributed by atoms with Crippen molar-refractivity contribution in [1.29, 1.82) is 0 Å². The molecular formula is C38H62N4O12. The number of esters is 1. The Labute approximate surface area is 318 Å². The molecule has 0 aromatic heterocycles. The van der Waals surface area contributed by atoms with E-state index in [-0.39, 0.29) is 76.6 Å². The van der Waals surface area contributed by atoms with Crippen molar-refractivity contribution in [3.05, 3.63) is 29.8 Å². The van der Waals surface area contributed by atoms with E-state index in [1.807, 2.05) is 6.92 Å². The van der Waals surface area contributed by atoms with Gasteiger partial charge in [-0.1, -0.05) is 32.9 Å². The van der Waals surface area contributed by atoms with Gasteiger partial charge in [0.25, 0.3) is 0 Å². The summed E-state index contributed by atoms with van der Waals surface area (Å²) in [6.45, 7) is 8.87. The minimum atomic E-state index is -0.987. The summed E-state index contributed by atoms with van der Waals surface area (Å²) in [5, 5.41) is 17.4. The number of rotatable bonds is 32. The first kappa shape index (κ1) is 48.1. The van der Waals surface area contributed by atoms with Gasteiger partial charge in [-0.15, -0.1) is 0 Å². The summed E-state index contributed by atoms with van der Waals surface area (Å²) in [5.74, 6) is -4.27. The summed E-state index contributed by atoms with van der Waals surface area (Å²) < 4.78 is 26.5. The van der Waals surface area contributed by atoms with Gasteiger partial charge >= 0.3 is 12.0 Å². The molecule has 0 saturated carbocycles. The van der Waals surface area contributed by atoms with Crippen LogP contribution < -0.4 is 21.7 Å². The van der Waals surface area contributed by atoms with Gasteiger partial charge in [0, 0.05) is 56.4 Å². The number of anilines is 1. The van der Waals surface area contributed by atoms with Gasteiger partial charge in [-0.2, -0.15) is 0 Å². The van der Waals surface area contributed by atoms with Crippen molar-refractivity contribution >= 4 is 41.1 Å². The van der Waals surface area contributed by atoms with Gasteiger partial charge in [0.1, 0.15) is 5.78 Å². The average Bonchev–Trinajstić information content (AvgIpc) is 3.14. The molecule has 0 unspecified atom stereocenters. The van der Waals surface area contributed by atoms with E-state index in [4.69, 9.17) is 29.4 Å². The number of carbonyl (C=O) groups is 6. The highest BCUT2D eigenvalue weighted by Crippen LogP contribution is 2.21. The number of primary amides is 1. The quantitative estimate of drug-likeness (QED) is 0.0527. The fraction of sp³-hybridized carbons (Fsp3) is 0.684. The molecule has 4 amide bonds. The third kappa shape index (κ3) is 22.3. The van der Waals surface area contributed by atoms with Gasteiger partial charge in [-0.3, -0.25) is 24.0 Å². The van der Waals surface area contributed by atoms with Crippen LogP contribution in [0.4, 0.5) is 10.5 Å². The molecule has 0 spiro atoms. The lowest BCUT2D eigenvalue weighted by Gasteiger charge is -2.26. The molecule has 0 saturated heterocycles. The van der Waals surface area contributed by atoms with Crippen LogP contribution in [-0.2, 0) is 54.3 Å². The number of benzene rings is 1. The number of amides is 4. The number of urea groups is 1.